The number of carbonyl (C=O) groups excluding carboxylic acids is 1. The standard InChI is InChI=1S/C10H7BrClF3O/c1-5(16)9(12)6-2-3-8(11)7(4-6)10(13,14)15/h2-4,9H,1H3. The Morgan fingerprint density at radius 2 is 2.00 bits per heavy atom. The first kappa shape index (κ1) is 13.5. The van der Waals surface area contributed by atoms with Gasteiger partial charge in [0.05, 0.1) is 5.56 Å². The Hall–Kier alpha value is -0.550. The Bertz CT molecular complexity index is 417. The van der Waals surface area contributed by atoms with Gasteiger partial charge in [0.25, 0.3) is 0 Å². The first-order chi connectivity index (χ1) is 7.23. The SMILES string of the molecule is CC(=O)C(Cl)c1ccc(Br)c(C(F)(F)F)c1. The second kappa shape index (κ2) is 4.75. The van der Waals surface area contributed by atoms with Crippen LogP contribution in [-0.2, 0) is 11.0 Å². The van der Waals surface area contributed by atoms with Crippen LogP contribution in [0.1, 0.15) is 23.4 Å². The van der Waals surface area contributed by atoms with Crippen LogP contribution in [0.4, 0.5) is 13.2 Å². The molecule has 0 saturated heterocycles. The number of ketones is 1. The second-order valence-electron chi connectivity index (χ2n) is 3.21. The molecule has 0 radical (unpaired) electrons. The molecule has 0 N–H and O–H groups in total. The third-order valence-corrected chi connectivity index (χ3v) is 3.20. The van der Waals surface area contributed by atoms with Crippen molar-refractivity contribution in [3.05, 3.63) is 33.8 Å². The summed E-state index contributed by atoms with van der Waals surface area (Å²) in [5.41, 5.74) is -0.693. The zero-order valence-electron chi connectivity index (χ0n) is 8.11. The van der Waals surface area contributed by atoms with Crippen molar-refractivity contribution in [2.45, 2.75) is 18.5 Å². The van der Waals surface area contributed by atoms with Crippen molar-refractivity contribution in [3.8, 4) is 0 Å². The maximum Gasteiger partial charge on any atom is 0.417 e. The van der Waals surface area contributed by atoms with Crippen molar-refractivity contribution in [1.29, 1.82) is 0 Å². The van der Waals surface area contributed by atoms with Gasteiger partial charge in [-0.25, -0.2) is 0 Å². The van der Waals surface area contributed by atoms with E-state index < -0.39 is 22.9 Å². The number of alkyl halides is 4. The topological polar surface area (TPSA) is 17.1 Å². The highest BCUT2D eigenvalue weighted by atomic mass is 79.9. The maximum absolute atomic E-state index is 12.5. The summed E-state index contributed by atoms with van der Waals surface area (Å²) in [6.07, 6.45) is -4.47. The van der Waals surface area contributed by atoms with E-state index in [1.807, 2.05) is 0 Å². The van der Waals surface area contributed by atoms with E-state index in [1.165, 1.54) is 19.1 Å². The number of hydrogen-bond acceptors (Lipinski definition) is 1. The maximum atomic E-state index is 12.5. The van der Waals surface area contributed by atoms with Gasteiger partial charge in [-0.2, -0.15) is 13.2 Å². The van der Waals surface area contributed by atoms with Crippen molar-refractivity contribution in [2.75, 3.05) is 0 Å². The first-order valence-corrected chi connectivity index (χ1v) is 5.47. The zero-order valence-corrected chi connectivity index (χ0v) is 10.4. The Labute approximate surface area is 104 Å². The average Bonchev–Trinajstić information content (AvgIpc) is 2.15. The van der Waals surface area contributed by atoms with Crippen molar-refractivity contribution in [1.82, 2.24) is 0 Å². The molecule has 0 aliphatic rings. The molecular weight excluding hydrogens is 308 g/mol. The molecule has 16 heavy (non-hydrogen) atoms. The molecule has 0 aliphatic carbocycles. The van der Waals surface area contributed by atoms with E-state index in [4.69, 9.17) is 11.6 Å². The molecule has 88 valence electrons. The molecule has 1 nitrogen and oxygen atoms in total. The van der Waals surface area contributed by atoms with Gasteiger partial charge in [-0.1, -0.05) is 22.0 Å². The highest BCUT2D eigenvalue weighted by Crippen LogP contribution is 2.37. The monoisotopic (exact) mass is 314 g/mol. The summed E-state index contributed by atoms with van der Waals surface area (Å²) in [6, 6.07) is 3.50. The average molecular weight is 316 g/mol. The Morgan fingerprint density at radius 3 is 2.44 bits per heavy atom. The van der Waals surface area contributed by atoms with Crippen LogP contribution >= 0.6 is 27.5 Å². The third-order valence-electron chi connectivity index (χ3n) is 1.95. The van der Waals surface area contributed by atoms with Gasteiger partial charge in [0, 0.05) is 4.47 Å². The third kappa shape index (κ3) is 2.98. The van der Waals surface area contributed by atoms with E-state index >= 15 is 0 Å². The fraction of sp³-hybridized carbons (Fsp3) is 0.300. The molecule has 1 rings (SSSR count). The van der Waals surface area contributed by atoms with Gasteiger partial charge in [0.15, 0.2) is 5.78 Å². The Morgan fingerprint density at radius 1 is 1.44 bits per heavy atom. The molecule has 1 aromatic carbocycles. The smallest absolute Gasteiger partial charge is 0.298 e. The predicted molar refractivity (Wildman–Crippen MR) is 58.4 cm³/mol. The van der Waals surface area contributed by atoms with Gasteiger partial charge >= 0.3 is 6.18 Å². The molecule has 0 spiro atoms. The predicted octanol–water partition coefficient (Wildman–Crippen LogP) is 4.34. The number of hydrogen-bond donors (Lipinski definition) is 0. The lowest BCUT2D eigenvalue weighted by Gasteiger charge is -2.12. The first-order valence-electron chi connectivity index (χ1n) is 4.24. The lowest BCUT2D eigenvalue weighted by molar-refractivity contribution is -0.138. The van der Waals surface area contributed by atoms with Gasteiger partial charge < -0.3 is 0 Å². The number of Topliss-reactive ketones (excluding diaryl/α,β-unsaturated/α-hetero) is 1. The number of halogens is 5. The molecule has 0 amide bonds. The largest absolute Gasteiger partial charge is 0.417 e. The minimum absolute atomic E-state index is 0.0730. The number of rotatable bonds is 2. The van der Waals surface area contributed by atoms with Crippen molar-refractivity contribution in [3.63, 3.8) is 0 Å². The molecule has 0 heterocycles. The van der Waals surface area contributed by atoms with Crippen LogP contribution in [0.25, 0.3) is 0 Å². The summed E-state index contributed by atoms with van der Waals surface area (Å²) >= 11 is 8.49. The summed E-state index contributed by atoms with van der Waals surface area (Å²) < 4.78 is 37.5. The number of carbonyl (C=O) groups is 1. The lowest BCUT2D eigenvalue weighted by Crippen LogP contribution is -2.09. The van der Waals surface area contributed by atoms with Gasteiger partial charge in [-0.3, -0.25) is 4.79 Å². The van der Waals surface area contributed by atoms with Gasteiger partial charge in [0.2, 0.25) is 0 Å². The Kier molecular flexibility index (Phi) is 4.02. The molecule has 0 fully saturated rings. The van der Waals surface area contributed by atoms with E-state index in [2.05, 4.69) is 15.9 Å². The Balaban J connectivity index is 3.23. The summed E-state index contributed by atoms with van der Waals surface area (Å²) in [4.78, 5) is 11.0. The van der Waals surface area contributed by atoms with Crippen LogP contribution in [0.15, 0.2) is 22.7 Å². The minimum atomic E-state index is -4.47. The van der Waals surface area contributed by atoms with E-state index in [-0.39, 0.29) is 10.0 Å². The molecule has 0 aliphatic heterocycles. The van der Waals surface area contributed by atoms with E-state index in [1.54, 1.807) is 0 Å². The van der Waals surface area contributed by atoms with Crippen LogP contribution in [0.2, 0.25) is 0 Å². The van der Waals surface area contributed by atoms with Gasteiger partial charge in [0.1, 0.15) is 5.38 Å². The van der Waals surface area contributed by atoms with Crippen molar-refractivity contribution in [2.24, 2.45) is 0 Å². The van der Waals surface area contributed by atoms with Crippen LogP contribution in [0, 0.1) is 0 Å². The fourth-order valence-electron chi connectivity index (χ4n) is 1.15. The molecule has 1 aromatic rings. The summed E-state index contributed by atoms with van der Waals surface area (Å²) in [7, 11) is 0. The highest BCUT2D eigenvalue weighted by molar-refractivity contribution is 9.10. The van der Waals surface area contributed by atoms with Gasteiger partial charge in [-0.05, 0) is 24.6 Å². The fourth-order valence-corrected chi connectivity index (χ4v) is 1.76. The zero-order chi connectivity index (χ0) is 12.5. The molecule has 1 unspecified atom stereocenters. The summed E-state index contributed by atoms with van der Waals surface area (Å²) in [6.45, 7) is 1.23. The second-order valence-corrected chi connectivity index (χ2v) is 4.50. The van der Waals surface area contributed by atoms with E-state index in [0.717, 1.165) is 6.07 Å². The quantitative estimate of drug-likeness (QED) is 0.742. The van der Waals surface area contributed by atoms with E-state index in [0.29, 0.717) is 0 Å². The molecule has 6 heteroatoms. The van der Waals surface area contributed by atoms with Crippen LogP contribution < -0.4 is 0 Å². The van der Waals surface area contributed by atoms with Gasteiger partial charge in [-0.15, -0.1) is 11.6 Å². The molecule has 0 saturated carbocycles. The summed E-state index contributed by atoms with van der Waals surface area (Å²) in [5.74, 6) is -0.392. The molecule has 0 aromatic heterocycles. The number of benzene rings is 1. The molecular formula is C10H7BrClF3O. The molecule has 0 bridgehead atoms. The highest BCUT2D eigenvalue weighted by Gasteiger charge is 2.33. The van der Waals surface area contributed by atoms with Crippen molar-refractivity contribution < 1.29 is 18.0 Å². The lowest BCUT2D eigenvalue weighted by atomic mass is 10.1. The van der Waals surface area contributed by atoms with Crippen molar-refractivity contribution >= 4 is 33.3 Å². The van der Waals surface area contributed by atoms with Crippen LogP contribution in [0.3, 0.4) is 0 Å². The van der Waals surface area contributed by atoms with Crippen LogP contribution in [0.5, 0.6) is 0 Å². The normalized spacial score (nSPS) is 13.6. The molecule has 1 atom stereocenters. The van der Waals surface area contributed by atoms with Crippen LogP contribution in [-0.4, -0.2) is 5.78 Å². The minimum Gasteiger partial charge on any atom is -0.298 e. The van der Waals surface area contributed by atoms with E-state index in [9.17, 15) is 18.0 Å². The summed E-state index contributed by atoms with van der Waals surface area (Å²) in [5, 5.41) is -1.05.